The Morgan fingerprint density at radius 1 is 1.07 bits per heavy atom. The van der Waals surface area contributed by atoms with Crippen molar-refractivity contribution in [2.75, 3.05) is 4.90 Å². The Hall–Kier alpha value is -2.40. The molecule has 2 aromatic carbocycles. The van der Waals surface area contributed by atoms with Crippen molar-refractivity contribution in [3.8, 4) is 0 Å². The highest BCUT2D eigenvalue weighted by Gasteiger charge is 2.34. The number of nitrogens with zero attached hydrogens (tertiary/aromatic N) is 1. The van der Waals surface area contributed by atoms with Crippen molar-refractivity contribution >= 4 is 33.4 Å². The molecule has 5 heteroatoms. The summed E-state index contributed by atoms with van der Waals surface area (Å²) in [7, 11) is 0. The third-order valence-corrected chi connectivity index (χ3v) is 5.94. The largest absolute Gasteiger partial charge is 0.351 e. The predicted molar refractivity (Wildman–Crippen MR) is 121 cm³/mol. The normalized spacial score (nSPS) is 15.3. The van der Waals surface area contributed by atoms with Crippen molar-refractivity contribution in [2.45, 2.75) is 50.6 Å². The molecule has 0 saturated heterocycles. The summed E-state index contributed by atoms with van der Waals surface area (Å²) in [5.41, 5.74) is 1.46. The lowest BCUT2D eigenvalue weighted by atomic mass is 9.94. The summed E-state index contributed by atoms with van der Waals surface area (Å²) in [5.74, 6) is -0.309. The smallest absolute Gasteiger partial charge is 0.248 e. The number of benzene rings is 2. The van der Waals surface area contributed by atoms with Gasteiger partial charge in [0.2, 0.25) is 11.8 Å². The predicted octanol–water partition coefficient (Wildman–Crippen LogP) is 5.55. The third-order valence-electron chi connectivity index (χ3n) is 5.27. The molecule has 29 heavy (non-hydrogen) atoms. The number of nitrogens with one attached hydrogen (secondary N) is 1. The van der Waals surface area contributed by atoms with Gasteiger partial charge in [0, 0.05) is 16.9 Å². The maximum Gasteiger partial charge on any atom is 0.248 e. The molecular formula is C24H27BrN2O2. The molecule has 1 aliphatic rings. The van der Waals surface area contributed by atoms with E-state index in [1.165, 1.54) is 6.42 Å². The first-order valence-corrected chi connectivity index (χ1v) is 10.9. The molecule has 0 heterocycles. The number of anilines is 1. The molecule has 0 radical (unpaired) electrons. The summed E-state index contributed by atoms with van der Waals surface area (Å²) >= 11 is 3.55. The van der Waals surface area contributed by atoms with Crippen molar-refractivity contribution < 1.29 is 9.59 Å². The standard InChI is InChI=1S/C24H27BrN2O2/c1-2-11-22(28)27(21-17-10-9-16-20(21)25)23(18-12-5-3-6-13-18)24(29)26-19-14-7-4-8-15-19/h2-3,5-6,9-10,12-13,16-17,19,23H,1,4,7-8,11,14-15H2,(H,26,29). The van der Waals surface area contributed by atoms with Crippen molar-refractivity contribution in [3.05, 3.63) is 77.3 Å². The van der Waals surface area contributed by atoms with Crippen molar-refractivity contribution in [1.82, 2.24) is 5.32 Å². The van der Waals surface area contributed by atoms with Gasteiger partial charge in [-0.2, -0.15) is 0 Å². The van der Waals surface area contributed by atoms with Gasteiger partial charge in [-0.3, -0.25) is 14.5 Å². The van der Waals surface area contributed by atoms with E-state index < -0.39 is 6.04 Å². The van der Waals surface area contributed by atoms with E-state index in [4.69, 9.17) is 0 Å². The lowest BCUT2D eigenvalue weighted by Gasteiger charge is -2.34. The Bertz CT molecular complexity index is 847. The summed E-state index contributed by atoms with van der Waals surface area (Å²) in [6.45, 7) is 3.71. The number of halogens is 1. The Morgan fingerprint density at radius 2 is 1.72 bits per heavy atom. The molecule has 0 aromatic heterocycles. The molecular weight excluding hydrogens is 428 g/mol. The van der Waals surface area contributed by atoms with Gasteiger partial charge in [-0.1, -0.05) is 67.8 Å². The fourth-order valence-electron chi connectivity index (χ4n) is 3.87. The maximum absolute atomic E-state index is 13.5. The fraction of sp³-hybridized carbons (Fsp3) is 0.333. The van der Waals surface area contributed by atoms with Gasteiger partial charge in [0.15, 0.2) is 0 Å². The summed E-state index contributed by atoms with van der Waals surface area (Å²) in [4.78, 5) is 28.3. The fourth-order valence-corrected chi connectivity index (χ4v) is 4.34. The zero-order valence-corrected chi connectivity index (χ0v) is 18.1. The second kappa shape index (κ2) is 10.4. The number of hydrogen-bond acceptors (Lipinski definition) is 2. The van der Waals surface area contributed by atoms with Crippen molar-refractivity contribution in [2.24, 2.45) is 0 Å². The number of carbonyl (C=O) groups is 2. The molecule has 1 saturated carbocycles. The highest BCUT2D eigenvalue weighted by Crippen LogP contribution is 2.34. The second-order valence-electron chi connectivity index (χ2n) is 7.36. The molecule has 0 spiro atoms. The quantitative estimate of drug-likeness (QED) is 0.557. The van der Waals surface area contributed by atoms with Gasteiger partial charge in [-0.15, -0.1) is 6.58 Å². The number of rotatable bonds is 7. The van der Waals surface area contributed by atoms with E-state index in [1.54, 1.807) is 11.0 Å². The van der Waals surface area contributed by atoms with Gasteiger partial charge < -0.3 is 5.32 Å². The molecule has 0 aliphatic heterocycles. The average Bonchev–Trinajstić information content (AvgIpc) is 2.74. The van der Waals surface area contributed by atoms with Gasteiger partial charge in [0.05, 0.1) is 5.69 Å². The van der Waals surface area contributed by atoms with Crippen LogP contribution in [0, 0.1) is 0 Å². The zero-order chi connectivity index (χ0) is 20.6. The third kappa shape index (κ3) is 5.36. The van der Waals surface area contributed by atoms with Crippen LogP contribution in [0.25, 0.3) is 0 Å². The van der Waals surface area contributed by atoms with Crippen LogP contribution in [0.1, 0.15) is 50.1 Å². The van der Waals surface area contributed by atoms with Crippen LogP contribution in [-0.2, 0) is 9.59 Å². The van der Waals surface area contributed by atoms with Crippen LogP contribution in [0.15, 0.2) is 71.7 Å². The number of para-hydroxylation sites is 1. The van der Waals surface area contributed by atoms with Crippen LogP contribution < -0.4 is 10.2 Å². The van der Waals surface area contributed by atoms with Crippen LogP contribution in [0.5, 0.6) is 0 Å². The van der Waals surface area contributed by atoms with Gasteiger partial charge >= 0.3 is 0 Å². The van der Waals surface area contributed by atoms with Gasteiger partial charge in [-0.05, 0) is 46.5 Å². The summed E-state index contributed by atoms with van der Waals surface area (Å²) < 4.78 is 0.767. The maximum atomic E-state index is 13.5. The molecule has 1 atom stereocenters. The summed E-state index contributed by atoms with van der Waals surface area (Å²) in [5, 5.41) is 3.21. The van der Waals surface area contributed by atoms with Crippen LogP contribution >= 0.6 is 15.9 Å². The van der Waals surface area contributed by atoms with Gasteiger partial charge in [0.1, 0.15) is 6.04 Å². The molecule has 1 fully saturated rings. The Balaban J connectivity index is 2.02. The van der Waals surface area contributed by atoms with Gasteiger partial charge in [-0.25, -0.2) is 0 Å². The molecule has 152 valence electrons. The lowest BCUT2D eigenvalue weighted by molar-refractivity contribution is -0.127. The minimum absolute atomic E-state index is 0.142. The van der Waals surface area contributed by atoms with Crippen LogP contribution in [0.4, 0.5) is 5.69 Å². The Labute approximate surface area is 181 Å². The van der Waals surface area contributed by atoms with Crippen LogP contribution in [0.3, 0.4) is 0 Å². The zero-order valence-electron chi connectivity index (χ0n) is 16.5. The molecule has 2 amide bonds. The molecule has 3 rings (SSSR count). The van der Waals surface area contributed by atoms with Crippen molar-refractivity contribution in [1.29, 1.82) is 0 Å². The second-order valence-corrected chi connectivity index (χ2v) is 8.22. The highest BCUT2D eigenvalue weighted by molar-refractivity contribution is 9.10. The summed E-state index contributed by atoms with van der Waals surface area (Å²) in [6, 6.07) is 16.4. The number of carbonyl (C=O) groups excluding carboxylic acids is 2. The monoisotopic (exact) mass is 454 g/mol. The molecule has 1 N–H and O–H groups in total. The van der Waals surface area contributed by atoms with E-state index in [2.05, 4.69) is 27.8 Å². The minimum atomic E-state index is -0.746. The first-order chi connectivity index (χ1) is 14.1. The van der Waals surface area contributed by atoms with Crippen LogP contribution in [0.2, 0.25) is 0 Å². The topological polar surface area (TPSA) is 49.4 Å². The van der Waals surface area contributed by atoms with E-state index in [0.29, 0.717) is 5.69 Å². The molecule has 1 aliphatic carbocycles. The first kappa shape index (κ1) is 21.3. The van der Waals surface area contributed by atoms with E-state index in [0.717, 1.165) is 35.7 Å². The van der Waals surface area contributed by atoms with Crippen molar-refractivity contribution in [3.63, 3.8) is 0 Å². The molecule has 2 aromatic rings. The average molecular weight is 455 g/mol. The minimum Gasteiger partial charge on any atom is -0.351 e. The molecule has 4 nitrogen and oxygen atoms in total. The van der Waals surface area contributed by atoms with E-state index >= 15 is 0 Å². The number of hydrogen-bond donors (Lipinski definition) is 1. The Morgan fingerprint density at radius 3 is 2.38 bits per heavy atom. The van der Waals surface area contributed by atoms with Crippen LogP contribution in [-0.4, -0.2) is 17.9 Å². The van der Waals surface area contributed by atoms with E-state index in [9.17, 15) is 9.59 Å². The Kier molecular flexibility index (Phi) is 7.64. The van der Waals surface area contributed by atoms with Gasteiger partial charge in [0.25, 0.3) is 0 Å². The number of amides is 2. The summed E-state index contributed by atoms with van der Waals surface area (Å²) in [6.07, 6.45) is 7.18. The van der Waals surface area contributed by atoms with E-state index in [1.807, 2.05) is 54.6 Å². The first-order valence-electron chi connectivity index (χ1n) is 10.1. The molecule has 0 bridgehead atoms. The highest BCUT2D eigenvalue weighted by atomic mass is 79.9. The molecule has 1 unspecified atom stereocenters. The van der Waals surface area contributed by atoms with E-state index in [-0.39, 0.29) is 24.3 Å². The lowest BCUT2D eigenvalue weighted by Crippen LogP contribution is -2.47. The SMILES string of the molecule is C=CCC(=O)N(c1ccccc1Br)C(C(=O)NC1CCCCC1)c1ccccc1.